The zero-order chi connectivity index (χ0) is 10.4. The summed E-state index contributed by atoms with van der Waals surface area (Å²) in [6.45, 7) is 5.44. The van der Waals surface area contributed by atoms with Gasteiger partial charge in [-0.1, -0.05) is 18.7 Å². The maximum atomic E-state index is 11.0. The fourth-order valence-electron chi connectivity index (χ4n) is 1.09. The number of carbonyl (C=O) groups excluding carboxylic acids is 1. The van der Waals surface area contributed by atoms with E-state index in [0.29, 0.717) is 11.9 Å². The summed E-state index contributed by atoms with van der Waals surface area (Å²) in [6.07, 6.45) is 1.11. The molecule has 1 heterocycles. The highest BCUT2D eigenvalue weighted by Gasteiger charge is 2.17. The lowest BCUT2D eigenvalue weighted by molar-refractivity contribution is -0.141. The van der Waals surface area contributed by atoms with Crippen molar-refractivity contribution in [3.05, 3.63) is 0 Å². The first-order chi connectivity index (χ1) is 6.76. The molecule has 0 aromatic rings. The second-order valence-electron chi connectivity index (χ2n) is 2.95. The van der Waals surface area contributed by atoms with Crippen molar-refractivity contribution in [2.75, 3.05) is 19.7 Å². The van der Waals surface area contributed by atoms with Gasteiger partial charge in [-0.05, 0) is 13.3 Å². The first kappa shape index (κ1) is 11.4. The van der Waals surface area contributed by atoms with Crippen LogP contribution in [-0.4, -0.2) is 36.1 Å². The molecule has 80 valence electrons. The number of thioether (sulfide) groups is 1. The molecule has 0 aromatic carbocycles. The fourth-order valence-corrected chi connectivity index (χ4v) is 2.02. The van der Waals surface area contributed by atoms with Gasteiger partial charge in [-0.2, -0.15) is 0 Å². The Bertz CT molecular complexity index is 231. The van der Waals surface area contributed by atoms with Crippen molar-refractivity contribution >= 4 is 22.9 Å². The molecule has 0 aromatic heterocycles. The molecule has 1 rings (SSSR count). The molecule has 1 aliphatic heterocycles. The number of amidine groups is 1. The van der Waals surface area contributed by atoms with E-state index >= 15 is 0 Å². The number of esters is 1. The minimum absolute atomic E-state index is 0.218. The average Bonchev–Trinajstić information content (AvgIpc) is 2.63. The van der Waals surface area contributed by atoms with E-state index in [9.17, 15) is 4.79 Å². The van der Waals surface area contributed by atoms with Crippen molar-refractivity contribution in [3.8, 4) is 0 Å². The lowest BCUT2D eigenvalue weighted by Gasteiger charge is -2.06. The van der Waals surface area contributed by atoms with Gasteiger partial charge in [-0.25, -0.2) is 0 Å². The smallest absolute Gasteiger partial charge is 0.325 e. The number of hydrogen-bond acceptors (Lipinski definition) is 5. The molecule has 1 aliphatic rings. The first-order valence-electron chi connectivity index (χ1n) is 4.86. The molecule has 14 heavy (non-hydrogen) atoms. The largest absolute Gasteiger partial charge is 0.465 e. The Balaban J connectivity index is 2.17. The molecule has 0 saturated carbocycles. The molecule has 0 amide bonds. The maximum absolute atomic E-state index is 11.0. The van der Waals surface area contributed by atoms with Crippen LogP contribution in [0.3, 0.4) is 0 Å². The summed E-state index contributed by atoms with van der Waals surface area (Å²) < 4.78 is 4.79. The predicted molar refractivity (Wildman–Crippen MR) is 58.6 cm³/mol. The van der Waals surface area contributed by atoms with Crippen LogP contribution in [0.4, 0.5) is 0 Å². The summed E-state index contributed by atoms with van der Waals surface area (Å²) in [7, 11) is 0. The minimum atomic E-state index is -0.226. The molecule has 0 aliphatic carbocycles. The number of aliphatic imine (C=N–C) groups is 1. The second kappa shape index (κ2) is 5.90. The van der Waals surface area contributed by atoms with Crippen LogP contribution < -0.4 is 5.32 Å². The van der Waals surface area contributed by atoms with Crippen LogP contribution in [0.25, 0.3) is 0 Å². The highest BCUT2D eigenvalue weighted by atomic mass is 32.2. The Hall–Kier alpha value is -0.710. The lowest BCUT2D eigenvalue weighted by Crippen LogP contribution is -2.28. The molecule has 0 radical (unpaired) electrons. The standard InChI is InChI=1S/C9H16N2O2S/c1-3-7-5-10-9(14-7)11-6-8(12)13-4-2/h7H,3-6H2,1-2H3,(H,10,11). The van der Waals surface area contributed by atoms with Crippen molar-refractivity contribution in [1.29, 1.82) is 0 Å². The second-order valence-corrected chi connectivity index (χ2v) is 4.24. The minimum Gasteiger partial charge on any atom is -0.465 e. The van der Waals surface area contributed by atoms with E-state index in [4.69, 9.17) is 4.74 Å². The van der Waals surface area contributed by atoms with Gasteiger partial charge in [-0.3, -0.25) is 9.79 Å². The third-order valence-corrected chi connectivity index (χ3v) is 3.17. The van der Waals surface area contributed by atoms with E-state index in [0.717, 1.165) is 18.1 Å². The van der Waals surface area contributed by atoms with Gasteiger partial charge < -0.3 is 10.1 Å². The van der Waals surface area contributed by atoms with E-state index in [-0.39, 0.29) is 12.5 Å². The van der Waals surface area contributed by atoms with Crippen LogP contribution in [-0.2, 0) is 9.53 Å². The molecular formula is C9H16N2O2S. The van der Waals surface area contributed by atoms with Crippen molar-refractivity contribution in [3.63, 3.8) is 0 Å². The first-order valence-corrected chi connectivity index (χ1v) is 5.74. The SMILES string of the molecule is CCOC(=O)CNC1=NCC(CC)S1. The maximum Gasteiger partial charge on any atom is 0.325 e. The normalized spacial score (nSPS) is 20.4. The Labute approximate surface area is 88.5 Å². The summed E-state index contributed by atoms with van der Waals surface area (Å²) in [4.78, 5) is 15.3. The number of ether oxygens (including phenoxy) is 1. The summed E-state index contributed by atoms with van der Waals surface area (Å²) in [6, 6.07) is 0. The molecule has 0 spiro atoms. The molecule has 0 fully saturated rings. The zero-order valence-electron chi connectivity index (χ0n) is 8.58. The third-order valence-electron chi connectivity index (χ3n) is 1.86. The van der Waals surface area contributed by atoms with E-state index in [1.807, 2.05) is 0 Å². The Morgan fingerprint density at radius 3 is 3.07 bits per heavy atom. The van der Waals surface area contributed by atoms with Gasteiger partial charge in [0.25, 0.3) is 0 Å². The quantitative estimate of drug-likeness (QED) is 0.713. The summed E-state index contributed by atoms with van der Waals surface area (Å²) in [5.74, 6) is -0.226. The van der Waals surface area contributed by atoms with Crippen LogP contribution in [0.15, 0.2) is 4.99 Å². The highest BCUT2D eigenvalue weighted by molar-refractivity contribution is 8.14. The average molecular weight is 216 g/mol. The summed E-state index contributed by atoms with van der Waals surface area (Å²) >= 11 is 1.70. The number of nitrogens with zero attached hydrogens (tertiary/aromatic N) is 1. The van der Waals surface area contributed by atoms with Gasteiger partial charge in [-0.15, -0.1) is 0 Å². The molecule has 0 bridgehead atoms. The van der Waals surface area contributed by atoms with Gasteiger partial charge in [0, 0.05) is 5.25 Å². The van der Waals surface area contributed by atoms with Crippen LogP contribution in [0.2, 0.25) is 0 Å². The van der Waals surface area contributed by atoms with Crippen molar-refractivity contribution in [2.45, 2.75) is 25.5 Å². The number of carbonyl (C=O) groups is 1. The van der Waals surface area contributed by atoms with E-state index in [1.54, 1.807) is 18.7 Å². The summed E-state index contributed by atoms with van der Waals surface area (Å²) in [5.41, 5.74) is 0. The topological polar surface area (TPSA) is 50.7 Å². The van der Waals surface area contributed by atoms with Gasteiger partial charge in [0.1, 0.15) is 6.54 Å². The Morgan fingerprint density at radius 2 is 2.50 bits per heavy atom. The molecule has 4 nitrogen and oxygen atoms in total. The van der Waals surface area contributed by atoms with Crippen molar-refractivity contribution in [2.24, 2.45) is 4.99 Å². The molecule has 1 unspecified atom stereocenters. The zero-order valence-corrected chi connectivity index (χ0v) is 9.39. The molecule has 0 saturated heterocycles. The van der Waals surface area contributed by atoms with E-state index in [1.165, 1.54) is 0 Å². The monoisotopic (exact) mass is 216 g/mol. The fraction of sp³-hybridized carbons (Fsp3) is 0.778. The lowest BCUT2D eigenvalue weighted by atomic mass is 10.3. The van der Waals surface area contributed by atoms with Crippen molar-refractivity contribution < 1.29 is 9.53 Å². The van der Waals surface area contributed by atoms with Crippen LogP contribution in [0, 0.1) is 0 Å². The predicted octanol–water partition coefficient (Wildman–Crippen LogP) is 1.02. The molecule has 5 heteroatoms. The molecular weight excluding hydrogens is 200 g/mol. The number of nitrogens with one attached hydrogen (secondary N) is 1. The Kier molecular flexibility index (Phi) is 4.79. The van der Waals surface area contributed by atoms with E-state index in [2.05, 4.69) is 17.2 Å². The van der Waals surface area contributed by atoms with Crippen LogP contribution in [0.5, 0.6) is 0 Å². The number of hydrogen-bond donors (Lipinski definition) is 1. The third kappa shape index (κ3) is 3.57. The Morgan fingerprint density at radius 1 is 1.71 bits per heavy atom. The summed E-state index contributed by atoms with van der Waals surface area (Å²) in [5, 5.41) is 4.40. The molecule has 1 atom stereocenters. The van der Waals surface area contributed by atoms with Gasteiger partial charge in [0.05, 0.1) is 13.2 Å². The van der Waals surface area contributed by atoms with Crippen molar-refractivity contribution in [1.82, 2.24) is 5.32 Å². The highest BCUT2D eigenvalue weighted by Crippen LogP contribution is 2.21. The van der Waals surface area contributed by atoms with Gasteiger partial charge >= 0.3 is 5.97 Å². The van der Waals surface area contributed by atoms with Gasteiger partial charge in [0.15, 0.2) is 5.17 Å². The molecule has 1 N–H and O–H groups in total. The van der Waals surface area contributed by atoms with Gasteiger partial charge in [0.2, 0.25) is 0 Å². The van der Waals surface area contributed by atoms with Crippen LogP contribution >= 0.6 is 11.8 Å². The van der Waals surface area contributed by atoms with Crippen LogP contribution in [0.1, 0.15) is 20.3 Å². The number of rotatable bonds is 4. The van der Waals surface area contributed by atoms with E-state index < -0.39 is 0 Å².